The van der Waals surface area contributed by atoms with Crippen LogP contribution in [0.2, 0.25) is 0 Å². The van der Waals surface area contributed by atoms with Gasteiger partial charge in [-0.3, -0.25) is 0 Å². The van der Waals surface area contributed by atoms with Crippen LogP contribution in [0.15, 0.2) is 48.5 Å². The summed E-state index contributed by atoms with van der Waals surface area (Å²) in [5, 5.41) is 0. The van der Waals surface area contributed by atoms with Crippen molar-refractivity contribution in [1.82, 2.24) is 0 Å². The van der Waals surface area contributed by atoms with Crippen molar-refractivity contribution in [2.24, 2.45) is 5.92 Å². The van der Waals surface area contributed by atoms with Crippen molar-refractivity contribution < 1.29 is 9.47 Å². The zero-order valence-electron chi connectivity index (χ0n) is 14.5. The smallest absolute Gasteiger partial charge is 0.122 e. The molecule has 0 unspecified atom stereocenters. The molecular formula is C21H28O2. The molecule has 0 N–H and O–H groups in total. The number of para-hydroxylation sites is 1. The molecule has 2 aromatic carbocycles. The standard InChI is InChI=1S/C21H28O2/c1-4-18(5-2)16-19-10-12-20(13-11-19)22-14-15-23-21-9-7-6-8-17(21)3/h6-13,18H,4-5,14-16H2,1-3H3. The molecule has 0 saturated heterocycles. The number of hydrogen-bond donors (Lipinski definition) is 0. The summed E-state index contributed by atoms with van der Waals surface area (Å²) in [5.41, 5.74) is 2.54. The quantitative estimate of drug-likeness (QED) is 0.575. The number of benzene rings is 2. The van der Waals surface area contributed by atoms with Gasteiger partial charge >= 0.3 is 0 Å². The van der Waals surface area contributed by atoms with Crippen LogP contribution in [-0.4, -0.2) is 13.2 Å². The summed E-state index contributed by atoms with van der Waals surface area (Å²) < 4.78 is 11.5. The fourth-order valence-electron chi connectivity index (χ4n) is 2.66. The minimum absolute atomic E-state index is 0.556. The van der Waals surface area contributed by atoms with Crippen LogP contribution in [0.4, 0.5) is 0 Å². The van der Waals surface area contributed by atoms with Gasteiger partial charge < -0.3 is 9.47 Å². The minimum atomic E-state index is 0.556. The number of hydrogen-bond acceptors (Lipinski definition) is 2. The average molecular weight is 312 g/mol. The zero-order chi connectivity index (χ0) is 16.5. The molecule has 2 heteroatoms. The lowest BCUT2D eigenvalue weighted by molar-refractivity contribution is 0.216. The Bertz CT molecular complexity index is 571. The molecule has 23 heavy (non-hydrogen) atoms. The first-order valence-corrected chi connectivity index (χ1v) is 8.63. The van der Waals surface area contributed by atoms with Crippen molar-refractivity contribution in [1.29, 1.82) is 0 Å². The molecule has 0 heterocycles. The van der Waals surface area contributed by atoms with Gasteiger partial charge in [0.25, 0.3) is 0 Å². The Morgan fingerprint density at radius 1 is 0.826 bits per heavy atom. The molecule has 0 atom stereocenters. The Morgan fingerprint density at radius 3 is 2.13 bits per heavy atom. The van der Waals surface area contributed by atoms with E-state index in [-0.39, 0.29) is 0 Å². The second-order valence-electron chi connectivity index (χ2n) is 5.99. The van der Waals surface area contributed by atoms with Gasteiger partial charge in [0.15, 0.2) is 0 Å². The summed E-state index contributed by atoms with van der Waals surface area (Å²) in [6, 6.07) is 16.5. The second kappa shape index (κ2) is 9.24. The molecule has 0 radical (unpaired) electrons. The van der Waals surface area contributed by atoms with Crippen molar-refractivity contribution in [2.75, 3.05) is 13.2 Å². The summed E-state index contributed by atoms with van der Waals surface area (Å²) >= 11 is 0. The monoisotopic (exact) mass is 312 g/mol. The van der Waals surface area contributed by atoms with Crippen molar-refractivity contribution in [3.05, 3.63) is 59.7 Å². The highest BCUT2D eigenvalue weighted by Crippen LogP contribution is 2.19. The lowest BCUT2D eigenvalue weighted by atomic mass is 9.95. The van der Waals surface area contributed by atoms with Gasteiger partial charge in [-0.1, -0.05) is 57.0 Å². The van der Waals surface area contributed by atoms with E-state index in [1.807, 2.05) is 18.2 Å². The van der Waals surface area contributed by atoms with Crippen LogP contribution in [-0.2, 0) is 6.42 Å². The number of ether oxygens (including phenoxy) is 2. The fraction of sp³-hybridized carbons (Fsp3) is 0.429. The predicted octanol–water partition coefficient (Wildman–Crippen LogP) is 5.43. The van der Waals surface area contributed by atoms with Crippen molar-refractivity contribution in [3.8, 4) is 11.5 Å². The Labute approximate surface area is 140 Å². The minimum Gasteiger partial charge on any atom is -0.490 e. The summed E-state index contributed by atoms with van der Waals surface area (Å²) in [4.78, 5) is 0. The van der Waals surface area contributed by atoms with E-state index >= 15 is 0 Å². The van der Waals surface area contributed by atoms with E-state index in [4.69, 9.17) is 9.47 Å². The second-order valence-corrected chi connectivity index (χ2v) is 5.99. The Hall–Kier alpha value is -1.96. The van der Waals surface area contributed by atoms with E-state index in [1.165, 1.54) is 18.4 Å². The van der Waals surface area contributed by atoms with E-state index in [2.05, 4.69) is 51.1 Å². The number of aryl methyl sites for hydroxylation is 1. The SMILES string of the molecule is CCC(CC)Cc1ccc(OCCOc2ccccc2C)cc1. The van der Waals surface area contributed by atoms with E-state index in [1.54, 1.807) is 0 Å². The normalized spacial score (nSPS) is 10.8. The topological polar surface area (TPSA) is 18.5 Å². The maximum Gasteiger partial charge on any atom is 0.122 e. The molecule has 124 valence electrons. The summed E-state index contributed by atoms with van der Waals surface area (Å²) in [5.74, 6) is 2.62. The van der Waals surface area contributed by atoms with Crippen LogP contribution in [0, 0.1) is 12.8 Å². The van der Waals surface area contributed by atoms with E-state index in [0.717, 1.165) is 29.4 Å². The highest BCUT2D eigenvalue weighted by atomic mass is 16.5. The van der Waals surface area contributed by atoms with Crippen LogP contribution in [0.3, 0.4) is 0 Å². The highest BCUT2D eigenvalue weighted by Gasteiger charge is 2.05. The molecule has 2 nitrogen and oxygen atoms in total. The van der Waals surface area contributed by atoms with Gasteiger partial charge in [0.2, 0.25) is 0 Å². The van der Waals surface area contributed by atoms with Crippen molar-refractivity contribution in [3.63, 3.8) is 0 Å². The third-order valence-corrected chi connectivity index (χ3v) is 4.31. The first kappa shape index (κ1) is 17.4. The molecule has 0 fully saturated rings. The number of rotatable bonds is 9. The van der Waals surface area contributed by atoms with Gasteiger partial charge in [-0.15, -0.1) is 0 Å². The largest absolute Gasteiger partial charge is 0.490 e. The van der Waals surface area contributed by atoms with Crippen molar-refractivity contribution in [2.45, 2.75) is 40.0 Å². The summed E-state index contributed by atoms with van der Waals surface area (Å²) in [6.45, 7) is 7.69. The van der Waals surface area contributed by atoms with Gasteiger partial charge in [-0.25, -0.2) is 0 Å². The molecule has 0 saturated carbocycles. The van der Waals surface area contributed by atoms with Crippen LogP contribution >= 0.6 is 0 Å². The Kier molecular flexibility index (Phi) is 6.99. The maximum atomic E-state index is 5.76. The van der Waals surface area contributed by atoms with Gasteiger partial charge in [0, 0.05) is 0 Å². The van der Waals surface area contributed by atoms with E-state index in [0.29, 0.717) is 13.2 Å². The molecule has 0 aliphatic rings. The zero-order valence-corrected chi connectivity index (χ0v) is 14.5. The molecule has 2 aromatic rings. The lowest BCUT2D eigenvalue weighted by Gasteiger charge is -2.13. The van der Waals surface area contributed by atoms with Gasteiger partial charge in [0.1, 0.15) is 24.7 Å². The average Bonchev–Trinajstić information content (AvgIpc) is 2.59. The molecule has 0 bridgehead atoms. The van der Waals surface area contributed by atoms with E-state index in [9.17, 15) is 0 Å². The third-order valence-electron chi connectivity index (χ3n) is 4.31. The maximum absolute atomic E-state index is 5.76. The molecular weight excluding hydrogens is 284 g/mol. The molecule has 0 aromatic heterocycles. The molecule has 0 aliphatic carbocycles. The Balaban J connectivity index is 1.75. The fourth-order valence-corrected chi connectivity index (χ4v) is 2.66. The Morgan fingerprint density at radius 2 is 1.48 bits per heavy atom. The first-order valence-electron chi connectivity index (χ1n) is 8.63. The third kappa shape index (κ3) is 5.63. The highest BCUT2D eigenvalue weighted by molar-refractivity contribution is 5.31. The van der Waals surface area contributed by atoms with Crippen LogP contribution < -0.4 is 9.47 Å². The summed E-state index contributed by atoms with van der Waals surface area (Å²) in [7, 11) is 0. The predicted molar refractivity (Wildman–Crippen MR) is 96.4 cm³/mol. The van der Waals surface area contributed by atoms with Gasteiger partial charge in [0.05, 0.1) is 0 Å². The molecule has 0 amide bonds. The van der Waals surface area contributed by atoms with Gasteiger partial charge in [-0.2, -0.15) is 0 Å². The van der Waals surface area contributed by atoms with Crippen LogP contribution in [0.25, 0.3) is 0 Å². The van der Waals surface area contributed by atoms with Crippen LogP contribution in [0.1, 0.15) is 37.8 Å². The van der Waals surface area contributed by atoms with Crippen LogP contribution in [0.5, 0.6) is 11.5 Å². The first-order chi connectivity index (χ1) is 11.2. The summed E-state index contributed by atoms with van der Waals surface area (Å²) in [6.07, 6.45) is 3.64. The van der Waals surface area contributed by atoms with E-state index < -0.39 is 0 Å². The van der Waals surface area contributed by atoms with Crippen molar-refractivity contribution >= 4 is 0 Å². The molecule has 0 aliphatic heterocycles. The molecule has 2 rings (SSSR count). The molecule has 0 spiro atoms. The van der Waals surface area contributed by atoms with Gasteiger partial charge in [-0.05, 0) is 48.6 Å². The lowest BCUT2D eigenvalue weighted by Crippen LogP contribution is -2.09.